The zero-order valence-corrected chi connectivity index (χ0v) is 14.2. The lowest BCUT2D eigenvalue weighted by Crippen LogP contribution is -2.36. The highest BCUT2D eigenvalue weighted by atomic mass is 35.5. The van der Waals surface area contributed by atoms with Crippen LogP contribution in [0.1, 0.15) is 12.5 Å². The summed E-state index contributed by atoms with van der Waals surface area (Å²) in [7, 11) is 0. The summed E-state index contributed by atoms with van der Waals surface area (Å²) in [6.45, 7) is 6.93. The molecule has 3 heteroatoms. The largest absolute Gasteiger partial charge is 0.379 e. The standard InChI is InChI=1S/C20H22ClNO/c1-16(10-11-22-12-14-23-15-13-22)17-2-4-18(5-3-17)19-6-8-20(21)9-7-19/h2-10H,11-15H2,1H3. The van der Waals surface area contributed by atoms with Gasteiger partial charge < -0.3 is 4.74 Å². The number of halogens is 1. The second kappa shape index (κ2) is 7.78. The van der Waals surface area contributed by atoms with E-state index in [-0.39, 0.29) is 0 Å². The predicted octanol–water partition coefficient (Wildman–Crippen LogP) is 4.74. The second-order valence-corrected chi connectivity index (χ2v) is 6.32. The highest BCUT2D eigenvalue weighted by molar-refractivity contribution is 6.30. The molecule has 0 N–H and O–H groups in total. The van der Waals surface area contributed by atoms with Gasteiger partial charge >= 0.3 is 0 Å². The third-order valence-corrected chi connectivity index (χ3v) is 4.53. The molecule has 23 heavy (non-hydrogen) atoms. The molecule has 0 amide bonds. The van der Waals surface area contributed by atoms with E-state index in [9.17, 15) is 0 Å². The molecule has 0 aliphatic carbocycles. The number of benzene rings is 2. The van der Waals surface area contributed by atoms with Gasteiger partial charge in [0.1, 0.15) is 0 Å². The molecule has 2 nitrogen and oxygen atoms in total. The average Bonchev–Trinajstić information content (AvgIpc) is 2.61. The first-order valence-corrected chi connectivity index (χ1v) is 8.43. The topological polar surface area (TPSA) is 12.5 Å². The van der Waals surface area contributed by atoms with Crippen molar-refractivity contribution in [1.82, 2.24) is 4.90 Å². The van der Waals surface area contributed by atoms with E-state index < -0.39 is 0 Å². The Balaban J connectivity index is 1.67. The van der Waals surface area contributed by atoms with Gasteiger partial charge in [0.25, 0.3) is 0 Å². The molecule has 0 atom stereocenters. The molecule has 0 saturated carbocycles. The molecule has 3 rings (SSSR count). The SMILES string of the molecule is CC(=CCN1CCOCC1)c1ccc(-c2ccc(Cl)cc2)cc1. The molecule has 0 unspecified atom stereocenters. The molecular formula is C20H22ClNO. The third kappa shape index (κ3) is 4.44. The van der Waals surface area contributed by atoms with E-state index in [0.717, 1.165) is 37.9 Å². The summed E-state index contributed by atoms with van der Waals surface area (Å²) in [4.78, 5) is 2.43. The number of hydrogen-bond donors (Lipinski definition) is 0. The van der Waals surface area contributed by atoms with E-state index in [4.69, 9.17) is 16.3 Å². The molecule has 0 radical (unpaired) electrons. The molecule has 0 aromatic heterocycles. The van der Waals surface area contributed by atoms with Crippen molar-refractivity contribution in [2.24, 2.45) is 0 Å². The van der Waals surface area contributed by atoms with E-state index in [2.05, 4.69) is 54.3 Å². The van der Waals surface area contributed by atoms with Crippen molar-refractivity contribution in [3.05, 3.63) is 65.2 Å². The second-order valence-electron chi connectivity index (χ2n) is 5.88. The number of ether oxygens (including phenoxy) is 1. The summed E-state index contributed by atoms with van der Waals surface area (Å²) in [6, 6.07) is 16.7. The summed E-state index contributed by atoms with van der Waals surface area (Å²) < 4.78 is 5.38. The lowest BCUT2D eigenvalue weighted by atomic mass is 10.0. The Kier molecular flexibility index (Phi) is 5.50. The van der Waals surface area contributed by atoms with Crippen LogP contribution in [0.5, 0.6) is 0 Å². The van der Waals surface area contributed by atoms with Gasteiger partial charge in [-0.2, -0.15) is 0 Å². The Morgan fingerprint density at radius 2 is 1.57 bits per heavy atom. The first-order valence-electron chi connectivity index (χ1n) is 8.05. The maximum absolute atomic E-state index is 5.95. The van der Waals surface area contributed by atoms with Crippen molar-refractivity contribution in [3.8, 4) is 11.1 Å². The summed E-state index contributed by atoms with van der Waals surface area (Å²) in [6.07, 6.45) is 2.31. The van der Waals surface area contributed by atoms with Gasteiger partial charge in [-0.15, -0.1) is 0 Å². The van der Waals surface area contributed by atoms with Crippen LogP contribution in [0, 0.1) is 0 Å². The first-order chi connectivity index (χ1) is 11.2. The molecule has 1 aliphatic rings. The van der Waals surface area contributed by atoms with Crippen LogP contribution in [0.4, 0.5) is 0 Å². The van der Waals surface area contributed by atoms with Crippen LogP contribution in [-0.2, 0) is 4.74 Å². The smallest absolute Gasteiger partial charge is 0.0594 e. The normalized spacial score (nSPS) is 16.5. The zero-order valence-electron chi connectivity index (χ0n) is 13.5. The molecule has 1 fully saturated rings. The Morgan fingerprint density at radius 1 is 1.00 bits per heavy atom. The molecule has 2 aromatic carbocycles. The minimum atomic E-state index is 0.771. The van der Waals surface area contributed by atoms with Crippen LogP contribution in [0.25, 0.3) is 16.7 Å². The van der Waals surface area contributed by atoms with Gasteiger partial charge in [-0.05, 0) is 41.3 Å². The molecule has 1 saturated heterocycles. The number of morpholine rings is 1. The van der Waals surface area contributed by atoms with Gasteiger partial charge in [0.05, 0.1) is 13.2 Å². The molecular weight excluding hydrogens is 306 g/mol. The summed E-state index contributed by atoms with van der Waals surface area (Å²) >= 11 is 5.95. The maximum atomic E-state index is 5.95. The number of rotatable bonds is 4. The van der Waals surface area contributed by atoms with Crippen molar-refractivity contribution >= 4 is 17.2 Å². The van der Waals surface area contributed by atoms with Crippen LogP contribution in [0.2, 0.25) is 5.02 Å². The van der Waals surface area contributed by atoms with Gasteiger partial charge in [-0.25, -0.2) is 0 Å². The van der Waals surface area contributed by atoms with E-state index >= 15 is 0 Å². The number of hydrogen-bond acceptors (Lipinski definition) is 2. The van der Waals surface area contributed by atoms with Crippen LogP contribution in [0.3, 0.4) is 0 Å². The monoisotopic (exact) mass is 327 g/mol. The number of allylic oxidation sites excluding steroid dienone is 1. The van der Waals surface area contributed by atoms with Crippen LogP contribution in [-0.4, -0.2) is 37.7 Å². The van der Waals surface area contributed by atoms with E-state index in [1.165, 1.54) is 22.3 Å². The van der Waals surface area contributed by atoms with Crippen molar-refractivity contribution < 1.29 is 4.74 Å². The quantitative estimate of drug-likeness (QED) is 0.804. The van der Waals surface area contributed by atoms with Crippen LogP contribution < -0.4 is 0 Å². The molecule has 1 heterocycles. The minimum absolute atomic E-state index is 0.771. The van der Waals surface area contributed by atoms with Gasteiger partial charge in [-0.1, -0.05) is 54.1 Å². The van der Waals surface area contributed by atoms with Crippen molar-refractivity contribution in [2.45, 2.75) is 6.92 Å². The Bertz CT molecular complexity index is 655. The van der Waals surface area contributed by atoms with Crippen molar-refractivity contribution in [3.63, 3.8) is 0 Å². The Morgan fingerprint density at radius 3 is 2.17 bits per heavy atom. The average molecular weight is 328 g/mol. The lowest BCUT2D eigenvalue weighted by Gasteiger charge is -2.25. The molecule has 120 valence electrons. The highest BCUT2D eigenvalue weighted by Gasteiger charge is 2.08. The zero-order chi connectivity index (χ0) is 16.1. The van der Waals surface area contributed by atoms with Crippen LogP contribution in [0.15, 0.2) is 54.6 Å². The molecule has 0 bridgehead atoms. The van der Waals surface area contributed by atoms with Crippen LogP contribution >= 0.6 is 11.6 Å². The van der Waals surface area contributed by atoms with E-state index in [1.54, 1.807) is 0 Å². The fourth-order valence-electron chi connectivity index (χ4n) is 2.74. The minimum Gasteiger partial charge on any atom is -0.379 e. The fourth-order valence-corrected chi connectivity index (χ4v) is 2.86. The lowest BCUT2D eigenvalue weighted by molar-refractivity contribution is 0.0435. The summed E-state index contributed by atoms with van der Waals surface area (Å²) in [5.41, 5.74) is 5.00. The van der Waals surface area contributed by atoms with Crippen molar-refractivity contribution in [2.75, 3.05) is 32.8 Å². The van der Waals surface area contributed by atoms with Gasteiger partial charge in [-0.3, -0.25) is 4.90 Å². The number of nitrogens with zero attached hydrogens (tertiary/aromatic N) is 1. The highest BCUT2D eigenvalue weighted by Crippen LogP contribution is 2.24. The maximum Gasteiger partial charge on any atom is 0.0594 e. The third-order valence-electron chi connectivity index (χ3n) is 4.28. The molecule has 2 aromatic rings. The van der Waals surface area contributed by atoms with Gasteiger partial charge in [0, 0.05) is 24.7 Å². The van der Waals surface area contributed by atoms with Gasteiger partial charge in [0.15, 0.2) is 0 Å². The van der Waals surface area contributed by atoms with E-state index in [0.29, 0.717) is 0 Å². The predicted molar refractivity (Wildman–Crippen MR) is 97.8 cm³/mol. The van der Waals surface area contributed by atoms with Crippen molar-refractivity contribution in [1.29, 1.82) is 0 Å². The summed E-state index contributed by atoms with van der Waals surface area (Å²) in [5.74, 6) is 0. The summed E-state index contributed by atoms with van der Waals surface area (Å²) in [5, 5.41) is 0.771. The Hall–Kier alpha value is -1.61. The van der Waals surface area contributed by atoms with Gasteiger partial charge in [0.2, 0.25) is 0 Å². The Labute approximate surface area is 143 Å². The molecule has 1 aliphatic heterocycles. The first kappa shape index (κ1) is 16.3. The molecule has 0 spiro atoms. The fraction of sp³-hybridized carbons (Fsp3) is 0.300. The van der Waals surface area contributed by atoms with E-state index in [1.807, 2.05) is 12.1 Å².